The molecular weight excluding hydrogens is 390 g/mol. The summed E-state index contributed by atoms with van der Waals surface area (Å²) in [5.41, 5.74) is 5.22. The van der Waals surface area contributed by atoms with E-state index in [-0.39, 0.29) is 5.63 Å². The molecule has 4 aromatic rings. The van der Waals surface area contributed by atoms with Crippen LogP contribution in [0.3, 0.4) is 0 Å². The highest BCUT2D eigenvalue weighted by molar-refractivity contribution is 5.96. The summed E-state index contributed by atoms with van der Waals surface area (Å²) in [4.78, 5) is 14.5. The van der Waals surface area contributed by atoms with E-state index in [0.29, 0.717) is 12.3 Å². The number of aryl methyl sites for hydroxylation is 1. The first-order valence-electron chi connectivity index (χ1n) is 10.3. The van der Waals surface area contributed by atoms with Crippen LogP contribution in [0.1, 0.15) is 16.7 Å². The minimum atomic E-state index is -0.357. The number of hydrogen-bond acceptors (Lipinski definition) is 5. The molecule has 0 saturated carbocycles. The molecule has 156 valence electrons. The molecule has 3 aromatic carbocycles. The SMILES string of the molecule is COc1cccc(CN2COc3c(cc4c(-c5ccccc5)cc(=O)oc4c3C)C2)c1. The predicted molar refractivity (Wildman–Crippen MR) is 120 cm³/mol. The summed E-state index contributed by atoms with van der Waals surface area (Å²) in [6.07, 6.45) is 0. The second-order valence-corrected chi connectivity index (χ2v) is 7.82. The Morgan fingerprint density at radius 1 is 1.03 bits per heavy atom. The highest BCUT2D eigenvalue weighted by Gasteiger charge is 2.23. The first kappa shape index (κ1) is 19.4. The van der Waals surface area contributed by atoms with Gasteiger partial charge in [0.2, 0.25) is 0 Å². The smallest absolute Gasteiger partial charge is 0.336 e. The third-order valence-corrected chi connectivity index (χ3v) is 5.70. The first-order chi connectivity index (χ1) is 15.1. The standard InChI is InChI=1S/C26H23NO4/c1-17-25-20(15-27(16-30-25)14-18-7-6-10-21(11-18)29-2)12-23-22(13-24(28)31-26(17)23)19-8-4-3-5-9-19/h3-13H,14-16H2,1-2H3. The lowest BCUT2D eigenvalue weighted by molar-refractivity contribution is 0.0881. The van der Waals surface area contributed by atoms with Crippen LogP contribution in [0.25, 0.3) is 22.1 Å². The van der Waals surface area contributed by atoms with Gasteiger partial charge in [0.05, 0.1) is 7.11 Å². The van der Waals surface area contributed by atoms with E-state index in [1.807, 2.05) is 55.5 Å². The number of nitrogens with zero attached hydrogens (tertiary/aromatic N) is 1. The molecule has 0 saturated heterocycles. The van der Waals surface area contributed by atoms with Gasteiger partial charge in [0.1, 0.15) is 23.8 Å². The zero-order valence-electron chi connectivity index (χ0n) is 17.6. The summed E-state index contributed by atoms with van der Waals surface area (Å²) in [5, 5.41) is 0.925. The monoisotopic (exact) mass is 413 g/mol. The largest absolute Gasteiger partial charge is 0.497 e. The van der Waals surface area contributed by atoms with E-state index in [9.17, 15) is 4.79 Å². The molecule has 5 heteroatoms. The third kappa shape index (κ3) is 3.68. The molecule has 0 spiro atoms. The maximum atomic E-state index is 12.3. The molecule has 0 atom stereocenters. The van der Waals surface area contributed by atoms with Gasteiger partial charge in [0, 0.05) is 35.7 Å². The van der Waals surface area contributed by atoms with Gasteiger partial charge in [-0.1, -0.05) is 42.5 Å². The molecule has 5 nitrogen and oxygen atoms in total. The number of methoxy groups -OCH3 is 1. The van der Waals surface area contributed by atoms with Gasteiger partial charge in [-0.3, -0.25) is 4.90 Å². The van der Waals surface area contributed by atoms with E-state index in [2.05, 4.69) is 17.0 Å². The highest BCUT2D eigenvalue weighted by Crippen LogP contribution is 2.38. The molecule has 0 fully saturated rings. The van der Waals surface area contributed by atoms with Gasteiger partial charge in [-0.2, -0.15) is 0 Å². The molecular formula is C26H23NO4. The zero-order valence-corrected chi connectivity index (χ0v) is 17.6. The van der Waals surface area contributed by atoms with Crippen LogP contribution in [-0.2, 0) is 13.1 Å². The topological polar surface area (TPSA) is 51.9 Å². The summed E-state index contributed by atoms with van der Waals surface area (Å²) in [7, 11) is 1.68. The molecule has 2 heterocycles. The van der Waals surface area contributed by atoms with E-state index in [4.69, 9.17) is 13.9 Å². The second-order valence-electron chi connectivity index (χ2n) is 7.82. The van der Waals surface area contributed by atoms with E-state index >= 15 is 0 Å². The first-order valence-corrected chi connectivity index (χ1v) is 10.3. The van der Waals surface area contributed by atoms with E-state index in [0.717, 1.165) is 52.2 Å². The van der Waals surface area contributed by atoms with Crippen LogP contribution in [-0.4, -0.2) is 18.7 Å². The van der Waals surface area contributed by atoms with Crippen LogP contribution >= 0.6 is 0 Å². The molecule has 0 radical (unpaired) electrons. The average molecular weight is 413 g/mol. The average Bonchev–Trinajstić information content (AvgIpc) is 2.80. The maximum Gasteiger partial charge on any atom is 0.336 e. The fraction of sp³-hybridized carbons (Fsp3) is 0.192. The summed E-state index contributed by atoms with van der Waals surface area (Å²) in [6.45, 7) is 3.93. The third-order valence-electron chi connectivity index (χ3n) is 5.70. The normalized spacial score (nSPS) is 13.6. The number of rotatable bonds is 4. The fourth-order valence-electron chi connectivity index (χ4n) is 4.26. The van der Waals surface area contributed by atoms with Crippen molar-refractivity contribution in [1.82, 2.24) is 4.90 Å². The lowest BCUT2D eigenvalue weighted by Crippen LogP contribution is -2.32. The Kier molecular flexibility index (Phi) is 4.96. The van der Waals surface area contributed by atoms with Crippen molar-refractivity contribution in [1.29, 1.82) is 0 Å². The Balaban J connectivity index is 1.55. The Hall–Kier alpha value is -3.57. The van der Waals surface area contributed by atoms with Crippen LogP contribution in [0.4, 0.5) is 0 Å². The van der Waals surface area contributed by atoms with Crippen molar-refractivity contribution in [3.8, 4) is 22.6 Å². The molecule has 0 bridgehead atoms. The van der Waals surface area contributed by atoms with Crippen LogP contribution < -0.4 is 15.1 Å². The van der Waals surface area contributed by atoms with Crippen molar-refractivity contribution in [3.05, 3.63) is 93.8 Å². The summed E-state index contributed by atoms with van der Waals surface area (Å²) in [6, 6.07) is 21.7. The summed E-state index contributed by atoms with van der Waals surface area (Å²) >= 11 is 0. The highest BCUT2D eigenvalue weighted by atomic mass is 16.5. The van der Waals surface area contributed by atoms with Crippen molar-refractivity contribution >= 4 is 11.0 Å². The van der Waals surface area contributed by atoms with Crippen LogP contribution in [0, 0.1) is 6.92 Å². The number of fused-ring (bicyclic) bond motifs is 2. The quantitative estimate of drug-likeness (QED) is 0.434. The molecule has 0 aliphatic carbocycles. The molecule has 1 aliphatic heterocycles. The number of hydrogen-bond donors (Lipinski definition) is 0. The Morgan fingerprint density at radius 3 is 2.68 bits per heavy atom. The van der Waals surface area contributed by atoms with Gasteiger partial charge in [-0.15, -0.1) is 0 Å². The Morgan fingerprint density at radius 2 is 1.87 bits per heavy atom. The molecule has 0 N–H and O–H groups in total. The van der Waals surface area contributed by atoms with Crippen molar-refractivity contribution < 1.29 is 13.9 Å². The van der Waals surface area contributed by atoms with Crippen LogP contribution in [0.2, 0.25) is 0 Å². The number of ether oxygens (including phenoxy) is 2. The van der Waals surface area contributed by atoms with E-state index in [1.165, 1.54) is 5.56 Å². The van der Waals surface area contributed by atoms with Crippen molar-refractivity contribution in [3.63, 3.8) is 0 Å². The lowest BCUT2D eigenvalue weighted by Gasteiger charge is -2.30. The molecule has 31 heavy (non-hydrogen) atoms. The van der Waals surface area contributed by atoms with Gasteiger partial charge < -0.3 is 13.9 Å². The summed E-state index contributed by atoms with van der Waals surface area (Å²) in [5.74, 6) is 1.66. The minimum Gasteiger partial charge on any atom is -0.497 e. The minimum absolute atomic E-state index is 0.357. The van der Waals surface area contributed by atoms with Gasteiger partial charge in [0.15, 0.2) is 0 Å². The van der Waals surface area contributed by atoms with Crippen molar-refractivity contribution in [2.45, 2.75) is 20.0 Å². The fourth-order valence-corrected chi connectivity index (χ4v) is 4.26. The zero-order chi connectivity index (χ0) is 21.4. The van der Waals surface area contributed by atoms with Crippen LogP contribution in [0.5, 0.6) is 11.5 Å². The Labute approximate surface area is 180 Å². The Bertz CT molecular complexity index is 1310. The van der Waals surface area contributed by atoms with Gasteiger partial charge >= 0.3 is 5.63 Å². The van der Waals surface area contributed by atoms with Gasteiger partial charge in [-0.25, -0.2) is 4.79 Å². The predicted octanol–water partition coefficient (Wildman–Crippen LogP) is 5.13. The van der Waals surface area contributed by atoms with Crippen molar-refractivity contribution in [2.24, 2.45) is 0 Å². The second kappa shape index (κ2) is 7.93. The summed E-state index contributed by atoms with van der Waals surface area (Å²) < 4.78 is 17.1. The maximum absolute atomic E-state index is 12.3. The van der Waals surface area contributed by atoms with Gasteiger partial charge in [0.25, 0.3) is 0 Å². The molecule has 1 aromatic heterocycles. The molecule has 0 amide bonds. The molecule has 0 unspecified atom stereocenters. The van der Waals surface area contributed by atoms with Gasteiger partial charge in [-0.05, 0) is 41.8 Å². The van der Waals surface area contributed by atoms with Crippen molar-refractivity contribution in [2.75, 3.05) is 13.8 Å². The number of benzene rings is 3. The molecule has 1 aliphatic rings. The lowest BCUT2D eigenvalue weighted by atomic mass is 9.97. The van der Waals surface area contributed by atoms with E-state index < -0.39 is 0 Å². The molecule has 5 rings (SSSR count). The van der Waals surface area contributed by atoms with Crippen LogP contribution in [0.15, 0.2) is 75.9 Å². The van der Waals surface area contributed by atoms with E-state index in [1.54, 1.807) is 13.2 Å².